The van der Waals surface area contributed by atoms with Gasteiger partial charge in [0, 0.05) is 30.1 Å². The van der Waals surface area contributed by atoms with Gasteiger partial charge in [-0.25, -0.2) is 15.0 Å². The average molecular weight is 464 g/mol. The molecule has 0 aromatic carbocycles. The Bertz CT molecular complexity index is 1270. The molecular formula is C24H25N5OS2. The lowest BCUT2D eigenvalue weighted by molar-refractivity contribution is -0.120. The number of nitrogens with one attached hydrogen (secondary N) is 1. The summed E-state index contributed by atoms with van der Waals surface area (Å²) < 4.78 is 0. The zero-order valence-corrected chi connectivity index (χ0v) is 20.0. The number of fused-ring (bicyclic) bond motifs is 1. The first-order valence-corrected chi connectivity index (χ1v) is 12.5. The van der Waals surface area contributed by atoms with Gasteiger partial charge in [-0.2, -0.15) is 0 Å². The number of rotatable bonds is 4. The molecule has 6 nitrogen and oxygen atoms in total. The molecule has 0 spiro atoms. The van der Waals surface area contributed by atoms with Crippen molar-refractivity contribution in [1.82, 2.24) is 15.0 Å². The molecule has 4 aromatic heterocycles. The van der Waals surface area contributed by atoms with Crippen LogP contribution >= 0.6 is 22.7 Å². The highest BCUT2D eigenvalue weighted by Crippen LogP contribution is 2.38. The number of carbonyl (C=O) groups excluding carboxylic acids is 1. The Balaban J connectivity index is 1.39. The fourth-order valence-electron chi connectivity index (χ4n) is 4.16. The molecular weight excluding hydrogens is 438 g/mol. The summed E-state index contributed by atoms with van der Waals surface area (Å²) in [5, 5.41) is 6.22. The van der Waals surface area contributed by atoms with Gasteiger partial charge in [0.15, 0.2) is 5.82 Å². The van der Waals surface area contributed by atoms with E-state index in [1.165, 1.54) is 10.4 Å². The first-order chi connectivity index (χ1) is 15.5. The standard InChI is InChI=1S/C24H25N5OS2/c1-14-6-4-10-25-20(14)27-23(30)17-8-11-29(12-9-17)22-19-15(2)16(3)32-24(19)28-21(26-22)18-7-5-13-31-18/h4-7,10,13,17H,8-9,11-12H2,1-3H3,(H,25,27,30). The summed E-state index contributed by atoms with van der Waals surface area (Å²) in [7, 11) is 0. The highest BCUT2D eigenvalue weighted by Gasteiger charge is 2.28. The van der Waals surface area contributed by atoms with E-state index in [4.69, 9.17) is 9.97 Å². The second kappa shape index (κ2) is 8.60. The highest BCUT2D eigenvalue weighted by molar-refractivity contribution is 7.19. The van der Waals surface area contributed by atoms with Gasteiger partial charge < -0.3 is 10.2 Å². The van der Waals surface area contributed by atoms with Crippen molar-refractivity contribution in [3.8, 4) is 10.7 Å². The number of pyridine rings is 1. The summed E-state index contributed by atoms with van der Waals surface area (Å²) >= 11 is 3.39. The summed E-state index contributed by atoms with van der Waals surface area (Å²) in [6.07, 6.45) is 3.29. The Morgan fingerprint density at radius 1 is 1.12 bits per heavy atom. The van der Waals surface area contributed by atoms with E-state index >= 15 is 0 Å². The zero-order chi connectivity index (χ0) is 22.2. The number of piperidine rings is 1. The molecule has 0 atom stereocenters. The molecule has 1 aliphatic rings. The highest BCUT2D eigenvalue weighted by atomic mass is 32.1. The molecule has 0 unspecified atom stereocenters. The maximum absolute atomic E-state index is 12.9. The molecule has 4 aromatic rings. The van der Waals surface area contributed by atoms with Gasteiger partial charge in [0.1, 0.15) is 16.5 Å². The van der Waals surface area contributed by atoms with Crippen LogP contribution in [-0.2, 0) is 4.79 Å². The molecule has 1 saturated heterocycles. The third-order valence-corrected chi connectivity index (χ3v) is 8.13. The van der Waals surface area contributed by atoms with Crippen molar-refractivity contribution in [2.45, 2.75) is 33.6 Å². The van der Waals surface area contributed by atoms with Crippen molar-refractivity contribution in [1.29, 1.82) is 0 Å². The summed E-state index contributed by atoms with van der Waals surface area (Å²) in [4.78, 5) is 32.8. The SMILES string of the molecule is Cc1cccnc1NC(=O)C1CCN(c2nc(-c3cccs3)nc3sc(C)c(C)c23)CC1. The van der Waals surface area contributed by atoms with Crippen molar-refractivity contribution in [3.05, 3.63) is 51.8 Å². The van der Waals surface area contributed by atoms with Gasteiger partial charge in [-0.15, -0.1) is 22.7 Å². The van der Waals surface area contributed by atoms with E-state index < -0.39 is 0 Å². The van der Waals surface area contributed by atoms with E-state index in [1.54, 1.807) is 28.9 Å². The molecule has 164 valence electrons. The minimum absolute atomic E-state index is 0.0212. The summed E-state index contributed by atoms with van der Waals surface area (Å²) in [6.45, 7) is 7.85. The first-order valence-electron chi connectivity index (χ1n) is 10.8. The number of aryl methyl sites for hydroxylation is 3. The van der Waals surface area contributed by atoms with Gasteiger partial charge in [-0.3, -0.25) is 4.79 Å². The predicted molar refractivity (Wildman–Crippen MR) is 133 cm³/mol. The minimum atomic E-state index is -0.0212. The fourth-order valence-corrected chi connectivity index (χ4v) is 5.84. The normalized spacial score (nSPS) is 14.8. The van der Waals surface area contributed by atoms with Crippen molar-refractivity contribution < 1.29 is 4.79 Å². The molecule has 1 amide bonds. The number of carbonyl (C=O) groups is 1. The number of anilines is 2. The van der Waals surface area contributed by atoms with E-state index in [0.29, 0.717) is 5.82 Å². The van der Waals surface area contributed by atoms with Crippen LogP contribution in [0.25, 0.3) is 20.9 Å². The maximum Gasteiger partial charge on any atom is 0.228 e. The smallest absolute Gasteiger partial charge is 0.228 e. The predicted octanol–water partition coefficient (Wildman–Crippen LogP) is 5.60. The number of nitrogens with zero attached hydrogens (tertiary/aromatic N) is 4. The topological polar surface area (TPSA) is 71.0 Å². The Hall–Kier alpha value is -2.84. The van der Waals surface area contributed by atoms with Gasteiger partial charge in [0.05, 0.1) is 10.3 Å². The molecule has 5 rings (SSSR count). The maximum atomic E-state index is 12.9. The van der Waals surface area contributed by atoms with Gasteiger partial charge in [0.25, 0.3) is 0 Å². The van der Waals surface area contributed by atoms with Crippen molar-refractivity contribution in [2.75, 3.05) is 23.3 Å². The third-order valence-electron chi connectivity index (χ3n) is 6.17. The molecule has 1 N–H and O–H groups in total. The average Bonchev–Trinajstić information content (AvgIpc) is 3.43. The molecule has 0 aliphatic carbocycles. The lowest BCUT2D eigenvalue weighted by atomic mass is 9.95. The fraction of sp³-hybridized carbons (Fsp3) is 0.333. The van der Waals surface area contributed by atoms with E-state index in [2.05, 4.69) is 40.5 Å². The molecule has 5 heterocycles. The van der Waals surface area contributed by atoms with Crippen LogP contribution in [0.3, 0.4) is 0 Å². The largest absolute Gasteiger partial charge is 0.356 e. The van der Waals surface area contributed by atoms with Crippen LogP contribution in [0.1, 0.15) is 28.8 Å². The molecule has 0 radical (unpaired) electrons. The van der Waals surface area contributed by atoms with Crippen LogP contribution in [0.5, 0.6) is 0 Å². The summed E-state index contributed by atoms with van der Waals surface area (Å²) in [5.41, 5.74) is 2.23. The third kappa shape index (κ3) is 3.89. The van der Waals surface area contributed by atoms with Crippen LogP contribution < -0.4 is 10.2 Å². The number of hydrogen-bond acceptors (Lipinski definition) is 7. The second-order valence-corrected chi connectivity index (χ2v) is 10.4. The van der Waals surface area contributed by atoms with E-state index in [1.807, 2.05) is 25.1 Å². The van der Waals surface area contributed by atoms with Crippen molar-refractivity contribution in [3.63, 3.8) is 0 Å². The van der Waals surface area contributed by atoms with Gasteiger partial charge >= 0.3 is 0 Å². The minimum Gasteiger partial charge on any atom is -0.356 e. The van der Waals surface area contributed by atoms with Crippen molar-refractivity contribution in [2.24, 2.45) is 5.92 Å². The molecule has 8 heteroatoms. The Kier molecular flexibility index (Phi) is 5.65. The van der Waals surface area contributed by atoms with E-state index in [-0.39, 0.29) is 11.8 Å². The van der Waals surface area contributed by atoms with Crippen LogP contribution in [-0.4, -0.2) is 33.9 Å². The number of aromatic nitrogens is 3. The van der Waals surface area contributed by atoms with Gasteiger partial charge in [-0.05, 0) is 62.3 Å². The lowest BCUT2D eigenvalue weighted by Crippen LogP contribution is -2.39. The van der Waals surface area contributed by atoms with E-state index in [9.17, 15) is 4.79 Å². The quantitative estimate of drug-likeness (QED) is 0.427. The molecule has 1 aliphatic heterocycles. The van der Waals surface area contributed by atoms with Crippen molar-refractivity contribution >= 4 is 50.4 Å². The summed E-state index contributed by atoms with van der Waals surface area (Å²) in [5.74, 6) is 2.48. The van der Waals surface area contributed by atoms with E-state index in [0.717, 1.165) is 58.2 Å². The Morgan fingerprint density at radius 3 is 2.66 bits per heavy atom. The Morgan fingerprint density at radius 2 is 1.94 bits per heavy atom. The number of thiophene rings is 2. The second-order valence-electron chi connectivity index (χ2n) is 8.23. The number of hydrogen-bond donors (Lipinski definition) is 1. The molecule has 32 heavy (non-hydrogen) atoms. The van der Waals surface area contributed by atoms with Crippen LogP contribution in [0.15, 0.2) is 35.8 Å². The lowest BCUT2D eigenvalue weighted by Gasteiger charge is -2.32. The Labute approximate surface area is 195 Å². The van der Waals surface area contributed by atoms with Crippen LogP contribution in [0, 0.1) is 26.7 Å². The van der Waals surface area contributed by atoms with Gasteiger partial charge in [0.2, 0.25) is 5.91 Å². The monoisotopic (exact) mass is 463 g/mol. The van der Waals surface area contributed by atoms with Crippen LogP contribution in [0.2, 0.25) is 0 Å². The number of amides is 1. The van der Waals surface area contributed by atoms with Crippen LogP contribution in [0.4, 0.5) is 11.6 Å². The molecule has 0 bridgehead atoms. The summed E-state index contributed by atoms with van der Waals surface area (Å²) in [6, 6.07) is 7.94. The first kappa shape index (κ1) is 21.0. The molecule has 1 fully saturated rings. The molecule has 0 saturated carbocycles. The van der Waals surface area contributed by atoms with Gasteiger partial charge in [-0.1, -0.05) is 12.1 Å². The zero-order valence-electron chi connectivity index (χ0n) is 18.4.